The predicted octanol–water partition coefficient (Wildman–Crippen LogP) is 1.72. The zero-order chi connectivity index (χ0) is 14.6. The average molecular weight is 263 g/mol. The number of amidine groups is 1. The molecule has 1 aromatic carbocycles. The summed E-state index contributed by atoms with van der Waals surface area (Å²) >= 11 is 0. The van der Waals surface area contributed by atoms with Gasteiger partial charge < -0.3 is 16.3 Å². The van der Waals surface area contributed by atoms with Crippen molar-refractivity contribution >= 4 is 11.7 Å². The van der Waals surface area contributed by atoms with Gasteiger partial charge in [0.05, 0.1) is 0 Å². The summed E-state index contributed by atoms with van der Waals surface area (Å²) < 4.78 is 0. The zero-order valence-electron chi connectivity index (χ0n) is 11.8. The van der Waals surface area contributed by atoms with Gasteiger partial charge in [-0.25, -0.2) is 0 Å². The van der Waals surface area contributed by atoms with Gasteiger partial charge >= 0.3 is 0 Å². The van der Waals surface area contributed by atoms with Crippen molar-refractivity contribution in [1.29, 1.82) is 0 Å². The van der Waals surface area contributed by atoms with Gasteiger partial charge in [-0.2, -0.15) is 0 Å². The fourth-order valence-corrected chi connectivity index (χ4v) is 2.08. The van der Waals surface area contributed by atoms with Crippen molar-refractivity contribution < 1.29 is 10.0 Å². The molecule has 1 rings (SSSR count). The third-order valence-electron chi connectivity index (χ3n) is 3.09. The molecule has 1 aromatic rings. The number of amides is 1. The summed E-state index contributed by atoms with van der Waals surface area (Å²) in [5, 5.41) is 14.3. The number of benzene rings is 1. The van der Waals surface area contributed by atoms with Gasteiger partial charge in [-0.1, -0.05) is 29.8 Å². The first-order chi connectivity index (χ1) is 8.86. The highest BCUT2D eigenvalue weighted by molar-refractivity contribution is 5.97. The van der Waals surface area contributed by atoms with Crippen LogP contribution in [-0.4, -0.2) is 23.5 Å². The van der Waals surface area contributed by atoms with Crippen LogP contribution in [0.2, 0.25) is 0 Å². The zero-order valence-corrected chi connectivity index (χ0v) is 11.8. The molecule has 4 N–H and O–H groups in total. The number of hydrogen-bond donors (Lipinski definition) is 3. The first-order valence-corrected chi connectivity index (χ1v) is 6.20. The van der Waals surface area contributed by atoms with E-state index in [-0.39, 0.29) is 17.7 Å². The highest BCUT2D eigenvalue weighted by Crippen LogP contribution is 2.16. The Morgan fingerprint density at radius 3 is 2.37 bits per heavy atom. The summed E-state index contributed by atoms with van der Waals surface area (Å²) in [4.78, 5) is 12.2. The second kappa shape index (κ2) is 6.22. The monoisotopic (exact) mass is 263 g/mol. The fraction of sp³-hybridized carbons (Fsp3) is 0.429. The Morgan fingerprint density at radius 1 is 1.37 bits per heavy atom. The maximum atomic E-state index is 12.2. The van der Waals surface area contributed by atoms with Crippen LogP contribution < -0.4 is 11.1 Å². The molecule has 5 nitrogen and oxygen atoms in total. The van der Waals surface area contributed by atoms with Crippen molar-refractivity contribution in [2.45, 2.75) is 27.7 Å². The Kier molecular flexibility index (Phi) is 4.92. The first-order valence-electron chi connectivity index (χ1n) is 6.20. The molecule has 0 saturated heterocycles. The minimum atomic E-state index is -0.208. The molecule has 0 aliphatic rings. The molecule has 0 spiro atoms. The summed E-state index contributed by atoms with van der Waals surface area (Å²) in [5.41, 5.74) is 9.20. The summed E-state index contributed by atoms with van der Waals surface area (Å²) in [6, 6.07) is 3.96. The molecule has 1 amide bonds. The van der Waals surface area contributed by atoms with Gasteiger partial charge in [0.25, 0.3) is 5.91 Å². The van der Waals surface area contributed by atoms with Crippen LogP contribution in [0.4, 0.5) is 0 Å². The van der Waals surface area contributed by atoms with E-state index < -0.39 is 0 Å². The Morgan fingerprint density at radius 2 is 1.89 bits per heavy atom. The molecule has 0 aromatic heterocycles. The van der Waals surface area contributed by atoms with Crippen molar-refractivity contribution in [2.24, 2.45) is 16.8 Å². The van der Waals surface area contributed by atoms with Gasteiger partial charge in [0, 0.05) is 18.0 Å². The van der Waals surface area contributed by atoms with Gasteiger partial charge in [0.2, 0.25) is 0 Å². The summed E-state index contributed by atoms with van der Waals surface area (Å²) in [6.07, 6.45) is 0. The quantitative estimate of drug-likeness (QED) is 0.334. The minimum absolute atomic E-state index is 0.109. The number of rotatable bonds is 4. The van der Waals surface area contributed by atoms with E-state index >= 15 is 0 Å². The number of oxime groups is 1. The molecule has 0 bridgehead atoms. The van der Waals surface area contributed by atoms with E-state index in [2.05, 4.69) is 10.5 Å². The molecule has 1 unspecified atom stereocenters. The number of nitrogens with one attached hydrogen (secondary N) is 1. The maximum absolute atomic E-state index is 12.2. The van der Waals surface area contributed by atoms with Crippen molar-refractivity contribution in [3.8, 4) is 0 Å². The van der Waals surface area contributed by atoms with Crippen LogP contribution in [0.25, 0.3) is 0 Å². The highest BCUT2D eigenvalue weighted by Gasteiger charge is 2.14. The van der Waals surface area contributed by atoms with E-state index in [4.69, 9.17) is 10.9 Å². The van der Waals surface area contributed by atoms with Crippen molar-refractivity contribution in [3.63, 3.8) is 0 Å². The lowest BCUT2D eigenvalue weighted by Gasteiger charge is -2.14. The van der Waals surface area contributed by atoms with Crippen LogP contribution in [0.5, 0.6) is 0 Å². The first kappa shape index (κ1) is 15.0. The van der Waals surface area contributed by atoms with Gasteiger partial charge in [0.1, 0.15) is 5.84 Å². The molecule has 104 valence electrons. The Balaban J connectivity index is 2.80. The van der Waals surface area contributed by atoms with Crippen LogP contribution in [0, 0.1) is 26.7 Å². The normalized spacial score (nSPS) is 13.2. The lowest BCUT2D eigenvalue weighted by Crippen LogP contribution is -2.35. The van der Waals surface area contributed by atoms with E-state index in [1.807, 2.05) is 32.9 Å². The second-order valence-corrected chi connectivity index (χ2v) is 4.91. The van der Waals surface area contributed by atoms with E-state index in [0.29, 0.717) is 12.1 Å². The van der Waals surface area contributed by atoms with Gasteiger partial charge in [-0.3, -0.25) is 4.79 Å². The van der Waals surface area contributed by atoms with Crippen LogP contribution in [0.15, 0.2) is 17.3 Å². The van der Waals surface area contributed by atoms with Gasteiger partial charge in [-0.05, 0) is 31.9 Å². The molecule has 0 fully saturated rings. The predicted molar refractivity (Wildman–Crippen MR) is 75.6 cm³/mol. The van der Waals surface area contributed by atoms with Gasteiger partial charge in [0.15, 0.2) is 0 Å². The molecule has 5 heteroatoms. The highest BCUT2D eigenvalue weighted by atomic mass is 16.4. The van der Waals surface area contributed by atoms with Crippen LogP contribution in [0.1, 0.15) is 34.0 Å². The number of carbonyl (C=O) groups excluding carboxylic acids is 1. The Labute approximate surface area is 113 Å². The van der Waals surface area contributed by atoms with Crippen molar-refractivity contribution in [1.82, 2.24) is 5.32 Å². The molecular weight excluding hydrogens is 242 g/mol. The summed E-state index contributed by atoms with van der Waals surface area (Å²) in [6.45, 7) is 7.96. The van der Waals surface area contributed by atoms with Crippen LogP contribution in [0.3, 0.4) is 0 Å². The van der Waals surface area contributed by atoms with E-state index in [1.165, 1.54) is 0 Å². The Hall–Kier alpha value is -2.04. The number of nitrogens with two attached hydrogens (primary N) is 1. The van der Waals surface area contributed by atoms with Gasteiger partial charge in [-0.15, -0.1) is 0 Å². The third-order valence-corrected chi connectivity index (χ3v) is 3.09. The largest absolute Gasteiger partial charge is 0.409 e. The number of nitrogens with zero attached hydrogens (tertiary/aromatic N) is 1. The van der Waals surface area contributed by atoms with Crippen LogP contribution >= 0.6 is 0 Å². The lowest BCUT2D eigenvalue weighted by molar-refractivity contribution is 0.0950. The SMILES string of the molecule is Cc1cc(C)c(C(=O)NCC(C)C(N)=NO)c(C)c1. The van der Waals surface area contributed by atoms with E-state index in [9.17, 15) is 4.79 Å². The summed E-state index contributed by atoms with van der Waals surface area (Å²) in [5.74, 6) is -0.231. The molecular formula is C14H21N3O2. The number of carbonyl (C=O) groups is 1. The molecule has 0 aliphatic carbocycles. The molecule has 0 saturated carbocycles. The maximum Gasteiger partial charge on any atom is 0.251 e. The second-order valence-electron chi connectivity index (χ2n) is 4.91. The van der Waals surface area contributed by atoms with Crippen molar-refractivity contribution in [3.05, 3.63) is 34.4 Å². The average Bonchev–Trinajstić information content (AvgIpc) is 2.33. The lowest BCUT2D eigenvalue weighted by atomic mass is 9.99. The molecule has 0 heterocycles. The number of aryl methyl sites for hydroxylation is 3. The van der Waals surface area contributed by atoms with E-state index in [1.54, 1.807) is 6.92 Å². The third kappa shape index (κ3) is 3.71. The standard InChI is InChI=1S/C14H21N3O2/c1-8-5-9(2)12(10(3)6-8)14(18)16-7-11(4)13(15)17-19/h5-6,11,19H,7H2,1-4H3,(H2,15,17)(H,16,18). The molecule has 19 heavy (non-hydrogen) atoms. The molecule has 0 aliphatic heterocycles. The Bertz CT molecular complexity index is 486. The van der Waals surface area contributed by atoms with E-state index in [0.717, 1.165) is 16.7 Å². The molecule has 1 atom stereocenters. The van der Waals surface area contributed by atoms with Crippen molar-refractivity contribution in [2.75, 3.05) is 6.54 Å². The molecule has 0 radical (unpaired) electrons. The topological polar surface area (TPSA) is 87.7 Å². The number of hydrogen-bond acceptors (Lipinski definition) is 3. The van der Waals surface area contributed by atoms with Crippen LogP contribution in [-0.2, 0) is 0 Å². The smallest absolute Gasteiger partial charge is 0.251 e. The fourth-order valence-electron chi connectivity index (χ4n) is 2.08. The summed E-state index contributed by atoms with van der Waals surface area (Å²) in [7, 11) is 0. The minimum Gasteiger partial charge on any atom is -0.409 e.